The Hall–Kier alpha value is -1.00. The van der Waals surface area contributed by atoms with Crippen LogP contribution in [0.3, 0.4) is 0 Å². The van der Waals surface area contributed by atoms with E-state index in [2.05, 4.69) is 25.8 Å². The van der Waals surface area contributed by atoms with Crippen LogP contribution in [-0.2, 0) is 24.7 Å². The summed E-state index contributed by atoms with van der Waals surface area (Å²) in [5.41, 5.74) is 3.41. The third-order valence-corrected chi connectivity index (χ3v) is 4.32. The molecule has 1 amide bonds. The summed E-state index contributed by atoms with van der Waals surface area (Å²) >= 11 is 9.65. The van der Waals surface area contributed by atoms with Crippen molar-refractivity contribution >= 4 is 44.3 Å². The van der Waals surface area contributed by atoms with E-state index in [1.165, 1.54) is 5.69 Å². The van der Waals surface area contributed by atoms with Crippen LogP contribution in [0.5, 0.6) is 0 Å². The number of fused-ring (bicyclic) bond motifs is 3. The van der Waals surface area contributed by atoms with Crippen molar-refractivity contribution in [2.75, 3.05) is 6.54 Å². The molecule has 0 spiro atoms. The van der Waals surface area contributed by atoms with E-state index in [9.17, 15) is 4.79 Å². The smallest absolute Gasteiger partial charge is 0.224 e. The van der Waals surface area contributed by atoms with Crippen LogP contribution in [0.4, 0.5) is 0 Å². The lowest BCUT2D eigenvalue weighted by atomic mass is 10.1. The molecule has 5 heteroatoms. The van der Waals surface area contributed by atoms with Crippen LogP contribution >= 0.6 is 27.5 Å². The number of carbonyl (C=O) groups is 1. The molecule has 1 aromatic carbocycles. The summed E-state index contributed by atoms with van der Waals surface area (Å²) in [5, 5.41) is 4.72. The predicted molar refractivity (Wildman–Crippen MR) is 76.0 cm³/mol. The third-order valence-electron chi connectivity index (χ3n) is 3.47. The van der Waals surface area contributed by atoms with Crippen LogP contribution in [0.25, 0.3) is 10.9 Å². The van der Waals surface area contributed by atoms with Crippen LogP contribution in [0.15, 0.2) is 16.6 Å². The van der Waals surface area contributed by atoms with Crippen molar-refractivity contribution in [3.8, 4) is 0 Å². The molecule has 2 aromatic rings. The average molecular weight is 328 g/mol. The minimum Gasteiger partial charge on any atom is -0.355 e. The number of hydrogen-bond acceptors (Lipinski definition) is 1. The van der Waals surface area contributed by atoms with Crippen molar-refractivity contribution in [3.63, 3.8) is 0 Å². The summed E-state index contributed by atoms with van der Waals surface area (Å²) < 4.78 is 3.10. The summed E-state index contributed by atoms with van der Waals surface area (Å²) in [6.07, 6.45) is 1.29. The first-order valence-corrected chi connectivity index (χ1v) is 6.97. The number of nitrogens with one attached hydrogen (secondary N) is 1. The highest BCUT2D eigenvalue weighted by Crippen LogP contribution is 2.35. The summed E-state index contributed by atoms with van der Waals surface area (Å²) in [6, 6.07) is 3.83. The molecular weight excluding hydrogens is 316 g/mol. The highest BCUT2D eigenvalue weighted by Gasteiger charge is 2.22. The molecule has 1 N–H and O–H groups in total. The predicted octanol–water partition coefficient (Wildman–Crippen LogP) is 2.81. The molecule has 0 unspecified atom stereocenters. The lowest BCUT2D eigenvalue weighted by Crippen LogP contribution is -2.24. The van der Waals surface area contributed by atoms with Crippen molar-refractivity contribution in [3.05, 3.63) is 32.9 Å². The zero-order valence-corrected chi connectivity index (χ0v) is 12.2. The van der Waals surface area contributed by atoms with E-state index in [-0.39, 0.29) is 5.91 Å². The van der Waals surface area contributed by atoms with Gasteiger partial charge in [0.1, 0.15) is 0 Å². The van der Waals surface area contributed by atoms with Gasteiger partial charge in [0.05, 0.1) is 11.9 Å². The van der Waals surface area contributed by atoms with Crippen LogP contribution in [0, 0.1) is 0 Å². The van der Waals surface area contributed by atoms with Crippen molar-refractivity contribution < 1.29 is 4.79 Å². The Kier molecular flexibility index (Phi) is 2.87. The molecule has 0 saturated heterocycles. The van der Waals surface area contributed by atoms with E-state index < -0.39 is 0 Å². The normalized spacial score (nSPS) is 15.4. The molecule has 18 heavy (non-hydrogen) atoms. The standard InChI is InChI=1S/C13H12BrClN2O/c1-17-10-2-3-16-12(18)6-8(10)13-9(14)4-7(15)5-11(13)17/h4-5H,2-3,6H2,1H3,(H,16,18). The molecule has 0 saturated carbocycles. The third kappa shape index (κ3) is 1.75. The molecule has 3 rings (SSSR count). The van der Waals surface area contributed by atoms with Crippen LogP contribution in [0.2, 0.25) is 5.02 Å². The van der Waals surface area contributed by atoms with Gasteiger partial charge in [-0.25, -0.2) is 0 Å². The van der Waals surface area contributed by atoms with Gasteiger partial charge in [-0.15, -0.1) is 0 Å². The van der Waals surface area contributed by atoms with Gasteiger partial charge in [0.15, 0.2) is 0 Å². The van der Waals surface area contributed by atoms with Gasteiger partial charge in [0.2, 0.25) is 5.91 Å². The molecule has 0 radical (unpaired) electrons. The van der Waals surface area contributed by atoms with Crippen molar-refractivity contribution in [2.24, 2.45) is 7.05 Å². The topological polar surface area (TPSA) is 34.0 Å². The Morgan fingerprint density at radius 1 is 1.44 bits per heavy atom. The molecular formula is C13H12BrClN2O. The fourth-order valence-corrected chi connectivity index (χ4v) is 3.70. The fraction of sp³-hybridized carbons (Fsp3) is 0.308. The minimum absolute atomic E-state index is 0.0862. The molecule has 0 bridgehead atoms. The minimum atomic E-state index is 0.0862. The molecule has 3 nitrogen and oxygen atoms in total. The second kappa shape index (κ2) is 4.28. The molecule has 94 valence electrons. The molecule has 0 fully saturated rings. The number of amides is 1. The van der Waals surface area contributed by atoms with E-state index >= 15 is 0 Å². The van der Waals surface area contributed by atoms with Crippen LogP contribution in [-0.4, -0.2) is 17.0 Å². The number of carbonyl (C=O) groups excluding carboxylic acids is 1. The van der Waals surface area contributed by atoms with E-state index in [1.807, 2.05) is 19.2 Å². The van der Waals surface area contributed by atoms with Crippen LogP contribution < -0.4 is 5.32 Å². The second-order valence-electron chi connectivity index (χ2n) is 4.54. The second-order valence-corrected chi connectivity index (χ2v) is 5.83. The van der Waals surface area contributed by atoms with Gasteiger partial charge in [-0.3, -0.25) is 4.79 Å². The maximum Gasteiger partial charge on any atom is 0.224 e. The molecule has 1 aliphatic rings. The van der Waals surface area contributed by atoms with Gasteiger partial charge in [0, 0.05) is 40.6 Å². The summed E-state index contributed by atoms with van der Waals surface area (Å²) in [4.78, 5) is 11.7. The first kappa shape index (κ1) is 12.1. The molecule has 0 aliphatic carbocycles. The zero-order chi connectivity index (χ0) is 12.9. The number of hydrogen-bond donors (Lipinski definition) is 1. The van der Waals surface area contributed by atoms with E-state index in [0.29, 0.717) is 18.0 Å². The Labute approximate surface area is 118 Å². The van der Waals surface area contributed by atoms with Gasteiger partial charge >= 0.3 is 0 Å². The summed E-state index contributed by atoms with van der Waals surface area (Å²) in [7, 11) is 2.03. The summed E-state index contributed by atoms with van der Waals surface area (Å²) in [5.74, 6) is 0.0862. The number of aromatic nitrogens is 1. The molecule has 1 aromatic heterocycles. The highest BCUT2D eigenvalue weighted by atomic mass is 79.9. The SMILES string of the molecule is Cn1c2c(c3c(Br)cc(Cl)cc31)CC(=O)NCC2. The van der Waals surface area contributed by atoms with Crippen molar-refractivity contribution in [1.82, 2.24) is 9.88 Å². The Morgan fingerprint density at radius 2 is 2.22 bits per heavy atom. The first-order chi connectivity index (χ1) is 8.58. The fourth-order valence-electron chi connectivity index (χ4n) is 2.67. The summed E-state index contributed by atoms with van der Waals surface area (Å²) in [6.45, 7) is 0.696. The number of nitrogens with zero attached hydrogens (tertiary/aromatic N) is 1. The van der Waals surface area contributed by atoms with Gasteiger partial charge in [-0.2, -0.15) is 0 Å². The van der Waals surface area contributed by atoms with Gasteiger partial charge in [-0.1, -0.05) is 27.5 Å². The average Bonchev–Trinajstić information content (AvgIpc) is 2.47. The van der Waals surface area contributed by atoms with E-state index in [1.54, 1.807) is 0 Å². The Bertz CT molecular complexity index is 663. The number of benzene rings is 1. The van der Waals surface area contributed by atoms with E-state index in [0.717, 1.165) is 27.4 Å². The molecule has 2 heterocycles. The Balaban J connectivity index is 2.38. The monoisotopic (exact) mass is 326 g/mol. The van der Waals surface area contributed by atoms with Crippen molar-refractivity contribution in [2.45, 2.75) is 12.8 Å². The first-order valence-electron chi connectivity index (χ1n) is 5.80. The Morgan fingerprint density at radius 3 is 3.00 bits per heavy atom. The number of halogens is 2. The number of aryl methyl sites for hydroxylation is 1. The highest BCUT2D eigenvalue weighted by molar-refractivity contribution is 9.10. The largest absolute Gasteiger partial charge is 0.355 e. The molecule has 1 aliphatic heterocycles. The van der Waals surface area contributed by atoms with Gasteiger partial charge in [0.25, 0.3) is 0 Å². The lowest BCUT2D eigenvalue weighted by molar-refractivity contribution is -0.120. The maximum absolute atomic E-state index is 11.7. The van der Waals surface area contributed by atoms with Gasteiger partial charge in [-0.05, 0) is 17.7 Å². The maximum atomic E-state index is 11.7. The van der Waals surface area contributed by atoms with E-state index in [4.69, 9.17) is 11.6 Å². The van der Waals surface area contributed by atoms with Crippen LogP contribution in [0.1, 0.15) is 11.3 Å². The van der Waals surface area contributed by atoms with Crippen molar-refractivity contribution in [1.29, 1.82) is 0 Å². The lowest BCUT2D eigenvalue weighted by Gasteiger charge is -2.04. The van der Waals surface area contributed by atoms with Gasteiger partial charge < -0.3 is 9.88 Å². The molecule has 0 atom stereocenters. The number of rotatable bonds is 0. The zero-order valence-electron chi connectivity index (χ0n) is 9.89. The quantitative estimate of drug-likeness (QED) is 0.793.